The molecule has 1 aromatic carbocycles. The number of thiazole rings is 1. The summed E-state index contributed by atoms with van der Waals surface area (Å²) >= 11 is 4.59. The number of aromatic nitrogens is 3. The van der Waals surface area contributed by atoms with E-state index in [1.807, 2.05) is 25.1 Å². The average Bonchev–Trinajstić information content (AvgIpc) is 3.15. The van der Waals surface area contributed by atoms with Gasteiger partial charge in [-0.2, -0.15) is 0 Å². The van der Waals surface area contributed by atoms with Crippen LogP contribution in [0.1, 0.15) is 16.0 Å². The summed E-state index contributed by atoms with van der Waals surface area (Å²) in [6, 6.07) is 6.04. The second kappa shape index (κ2) is 6.94. The van der Waals surface area contributed by atoms with E-state index in [2.05, 4.69) is 34.1 Å². The standard InChI is InChI=1S/C18H16N4OS3/c1-9-5-4-6-12-15(9)22-18(26-12)21-13(23)7-24-16-14-10(2)11(3)25-17(14)20-8-19-16/h4-6,8H,7H2,1-3H3,(H,21,22,23). The summed E-state index contributed by atoms with van der Waals surface area (Å²) in [7, 11) is 0. The van der Waals surface area contributed by atoms with E-state index >= 15 is 0 Å². The van der Waals surface area contributed by atoms with Gasteiger partial charge in [-0.1, -0.05) is 35.2 Å². The Bertz CT molecular complexity index is 1130. The Labute approximate surface area is 162 Å². The zero-order valence-corrected chi connectivity index (χ0v) is 16.9. The molecule has 3 aromatic heterocycles. The summed E-state index contributed by atoms with van der Waals surface area (Å²) in [5.74, 6) is 0.207. The summed E-state index contributed by atoms with van der Waals surface area (Å²) in [4.78, 5) is 27.8. The van der Waals surface area contributed by atoms with Gasteiger partial charge in [0.1, 0.15) is 16.2 Å². The number of nitrogens with one attached hydrogen (secondary N) is 1. The molecule has 0 aliphatic heterocycles. The largest absolute Gasteiger partial charge is 0.301 e. The lowest BCUT2D eigenvalue weighted by Gasteiger charge is -2.03. The van der Waals surface area contributed by atoms with E-state index in [0.717, 1.165) is 31.0 Å². The van der Waals surface area contributed by atoms with Crippen molar-refractivity contribution in [2.75, 3.05) is 11.1 Å². The summed E-state index contributed by atoms with van der Waals surface area (Å²) in [5.41, 5.74) is 3.25. The minimum Gasteiger partial charge on any atom is -0.301 e. The Morgan fingerprint density at radius 1 is 1.19 bits per heavy atom. The van der Waals surface area contributed by atoms with Gasteiger partial charge in [0.05, 0.1) is 16.0 Å². The molecule has 5 nitrogen and oxygen atoms in total. The third kappa shape index (κ3) is 3.20. The van der Waals surface area contributed by atoms with Gasteiger partial charge in [-0.15, -0.1) is 11.3 Å². The second-order valence-electron chi connectivity index (χ2n) is 5.92. The number of nitrogens with zero attached hydrogens (tertiary/aromatic N) is 3. The molecule has 4 aromatic rings. The third-order valence-corrected chi connectivity index (χ3v) is 7.18. The van der Waals surface area contributed by atoms with Crippen LogP contribution in [0.5, 0.6) is 0 Å². The molecule has 1 amide bonds. The first-order chi connectivity index (χ1) is 12.5. The van der Waals surface area contributed by atoms with Gasteiger partial charge in [0.15, 0.2) is 5.13 Å². The van der Waals surface area contributed by atoms with Crippen molar-refractivity contribution in [2.24, 2.45) is 0 Å². The van der Waals surface area contributed by atoms with Crippen molar-refractivity contribution >= 4 is 65.9 Å². The molecule has 0 fully saturated rings. The van der Waals surface area contributed by atoms with E-state index < -0.39 is 0 Å². The van der Waals surface area contributed by atoms with E-state index in [-0.39, 0.29) is 11.7 Å². The van der Waals surface area contributed by atoms with Gasteiger partial charge in [0.25, 0.3) is 0 Å². The molecule has 0 aliphatic carbocycles. The maximum absolute atomic E-state index is 12.4. The van der Waals surface area contributed by atoms with Gasteiger partial charge < -0.3 is 5.32 Å². The highest BCUT2D eigenvalue weighted by molar-refractivity contribution is 8.00. The van der Waals surface area contributed by atoms with E-state index in [1.54, 1.807) is 17.7 Å². The smallest absolute Gasteiger partial charge is 0.236 e. The third-order valence-electron chi connectivity index (χ3n) is 4.14. The van der Waals surface area contributed by atoms with Crippen LogP contribution in [0.4, 0.5) is 5.13 Å². The summed E-state index contributed by atoms with van der Waals surface area (Å²) in [5, 5.41) is 5.45. The number of benzene rings is 1. The molecule has 4 rings (SSSR count). The van der Waals surface area contributed by atoms with E-state index in [4.69, 9.17) is 0 Å². The Kier molecular flexibility index (Phi) is 4.64. The van der Waals surface area contributed by atoms with Crippen molar-refractivity contribution in [1.29, 1.82) is 0 Å². The molecule has 8 heteroatoms. The molecule has 0 saturated heterocycles. The summed E-state index contributed by atoms with van der Waals surface area (Å²) < 4.78 is 1.08. The molecule has 0 aliphatic rings. The van der Waals surface area contributed by atoms with Crippen LogP contribution in [-0.4, -0.2) is 26.6 Å². The van der Waals surface area contributed by atoms with Gasteiger partial charge in [0, 0.05) is 10.3 Å². The first kappa shape index (κ1) is 17.4. The van der Waals surface area contributed by atoms with Crippen LogP contribution >= 0.6 is 34.4 Å². The topological polar surface area (TPSA) is 67.8 Å². The fourth-order valence-electron chi connectivity index (χ4n) is 2.69. The Balaban J connectivity index is 1.49. The number of anilines is 1. The summed E-state index contributed by atoms with van der Waals surface area (Å²) in [6.45, 7) is 6.18. The number of hydrogen-bond donors (Lipinski definition) is 1. The first-order valence-electron chi connectivity index (χ1n) is 8.02. The molecule has 3 heterocycles. The lowest BCUT2D eigenvalue weighted by atomic mass is 10.2. The quantitative estimate of drug-likeness (QED) is 0.387. The number of rotatable bonds is 4. The van der Waals surface area contributed by atoms with Crippen molar-refractivity contribution in [3.8, 4) is 0 Å². The molecule has 0 atom stereocenters. The van der Waals surface area contributed by atoms with Gasteiger partial charge in [-0.3, -0.25) is 4.79 Å². The number of carbonyl (C=O) groups is 1. The molecule has 26 heavy (non-hydrogen) atoms. The zero-order valence-electron chi connectivity index (χ0n) is 14.5. The number of fused-ring (bicyclic) bond motifs is 2. The number of amides is 1. The summed E-state index contributed by atoms with van der Waals surface area (Å²) in [6.07, 6.45) is 1.56. The van der Waals surface area contributed by atoms with Gasteiger partial charge in [-0.05, 0) is 38.0 Å². The van der Waals surface area contributed by atoms with Gasteiger partial charge in [-0.25, -0.2) is 15.0 Å². The van der Waals surface area contributed by atoms with Crippen molar-refractivity contribution in [1.82, 2.24) is 15.0 Å². The van der Waals surface area contributed by atoms with Crippen LogP contribution in [0.2, 0.25) is 0 Å². The minimum absolute atomic E-state index is 0.0805. The molecular formula is C18H16N4OS3. The number of carbonyl (C=O) groups excluding carboxylic acids is 1. The van der Waals surface area contributed by atoms with Crippen molar-refractivity contribution in [2.45, 2.75) is 25.8 Å². The molecular weight excluding hydrogens is 384 g/mol. The van der Waals surface area contributed by atoms with Crippen molar-refractivity contribution < 1.29 is 4.79 Å². The molecule has 0 bridgehead atoms. The van der Waals surface area contributed by atoms with E-state index in [1.165, 1.54) is 33.5 Å². The van der Waals surface area contributed by atoms with Crippen LogP contribution in [-0.2, 0) is 4.79 Å². The number of hydrogen-bond acceptors (Lipinski definition) is 7. The highest BCUT2D eigenvalue weighted by atomic mass is 32.2. The van der Waals surface area contributed by atoms with Crippen LogP contribution < -0.4 is 5.32 Å². The van der Waals surface area contributed by atoms with Crippen LogP contribution in [0, 0.1) is 20.8 Å². The lowest BCUT2D eigenvalue weighted by Crippen LogP contribution is -2.13. The van der Waals surface area contributed by atoms with Crippen molar-refractivity contribution in [3.05, 3.63) is 40.5 Å². The molecule has 132 valence electrons. The fraction of sp³-hybridized carbons (Fsp3) is 0.222. The normalized spacial score (nSPS) is 11.3. The molecule has 0 radical (unpaired) electrons. The van der Waals surface area contributed by atoms with Crippen LogP contribution in [0.3, 0.4) is 0 Å². The predicted octanol–water partition coefficient (Wildman–Crippen LogP) is 4.96. The fourth-order valence-corrected chi connectivity index (χ4v) is 5.57. The first-order valence-corrected chi connectivity index (χ1v) is 10.6. The molecule has 0 unspecified atom stereocenters. The maximum atomic E-state index is 12.4. The number of para-hydroxylation sites is 1. The monoisotopic (exact) mass is 400 g/mol. The van der Waals surface area contributed by atoms with E-state index in [9.17, 15) is 4.79 Å². The second-order valence-corrected chi connectivity index (χ2v) is 9.12. The predicted molar refractivity (Wildman–Crippen MR) is 111 cm³/mol. The highest BCUT2D eigenvalue weighted by Crippen LogP contribution is 2.34. The van der Waals surface area contributed by atoms with Gasteiger partial charge >= 0.3 is 0 Å². The van der Waals surface area contributed by atoms with Crippen LogP contribution in [0.15, 0.2) is 29.6 Å². The minimum atomic E-state index is -0.0805. The molecule has 0 spiro atoms. The zero-order chi connectivity index (χ0) is 18.3. The number of thioether (sulfide) groups is 1. The average molecular weight is 401 g/mol. The number of aryl methyl sites for hydroxylation is 3. The number of thiophene rings is 1. The highest BCUT2D eigenvalue weighted by Gasteiger charge is 2.14. The molecule has 1 N–H and O–H groups in total. The van der Waals surface area contributed by atoms with Crippen molar-refractivity contribution in [3.63, 3.8) is 0 Å². The van der Waals surface area contributed by atoms with Gasteiger partial charge in [0.2, 0.25) is 5.91 Å². The lowest BCUT2D eigenvalue weighted by molar-refractivity contribution is -0.113. The Morgan fingerprint density at radius 2 is 2.04 bits per heavy atom. The maximum Gasteiger partial charge on any atom is 0.236 e. The molecule has 0 saturated carbocycles. The van der Waals surface area contributed by atoms with Crippen LogP contribution in [0.25, 0.3) is 20.4 Å². The Morgan fingerprint density at radius 3 is 2.85 bits per heavy atom. The Hall–Kier alpha value is -2.03. The van der Waals surface area contributed by atoms with E-state index in [0.29, 0.717) is 5.13 Å². The SMILES string of the molecule is Cc1sc2ncnc(SCC(=O)Nc3nc4c(C)cccc4s3)c2c1C.